The fourth-order valence-corrected chi connectivity index (χ4v) is 2.77. The SMILES string of the molecule is CN(C)CCNC(=O)c1nc(-c2ccc(C#N)cc2)oc1-c1ccccc1[N+](=O)[O-]. The molecule has 0 aliphatic rings. The molecule has 1 aromatic heterocycles. The third-order valence-electron chi connectivity index (χ3n) is 4.29. The topological polar surface area (TPSA) is 125 Å². The minimum absolute atomic E-state index is 0.0176. The number of hydrogen-bond acceptors (Lipinski definition) is 7. The summed E-state index contributed by atoms with van der Waals surface area (Å²) in [5.41, 5.74) is 0.935. The van der Waals surface area contributed by atoms with E-state index in [0.29, 0.717) is 24.2 Å². The van der Waals surface area contributed by atoms with Crippen LogP contribution in [0, 0.1) is 21.4 Å². The maximum atomic E-state index is 12.8. The van der Waals surface area contributed by atoms with Gasteiger partial charge in [0.15, 0.2) is 11.5 Å². The molecule has 0 fully saturated rings. The van der Waals surface area contributed by atoms with Crippen molar-refractivity contribution in [2.45, 2.75) is 0 Å². The van der Waals surface area contributed by atoms with E-state index in [-0.39, 0.29) is 28.6 Å². The molecule has 1 heterocycles. The highest BCUT2D eigenvalue weighted by molar-refractivity contribution is 5.99. The van der Waals surface area contributed by atoms with Crippen LogP contribution in [0.4, 0.5) is 5.69 Å². The Hall–Kier alpha value is -4.03. The van der Waals surface area contributed by atoms with E-state index in [1.807, 2.05) is 25.1 Å². The summed E-state index contributed by atoms with van der Waals surface area (Å²) >= 11 is 0. The highest BCUT2D eigenvalue weighted by Gasteiger charge is 2.27. The highest BCUT2D eigenvalue weighted by Crippen LogP contribution is 2.35. The number of carbonyl (C=O) groups is 1. The van der Waals surface area contributed by atoms with Crippen molar-refractivity contribution in [3.63, 3.8) is 0 Å². The van der Waals surface area contributed by atoms with Crippen LogP contribution in [0.25, 0.3) is 22.8 Å². The van der Waals surface area contributed by atoms with Gasteiger partial charge in [-0.1, -0.05) is 12.1 Å². The normalized spacial score (nSPS) is 10.6. The van der Waals surface area contributed by atoms with Gasteiger partial charge in [0, 0.05) is 24.7 Å². The van der Waals surface area contributed by atoms with Gasteiger partial charge in [-0.2, -0.15) is 5.26 Å². The van der Waals surface area contributed by atoms with Gasteiger partial charge in [-0.15, -0.1) is 0 Å². The summed E-state index contributed by atoms with van der Waals surface area (Å²) in [5, 5.41) is 23.2. The lowest BCUT2D eigenvalue weighted by Crippen LogP contribution is -2.31. The van der Waals surface area contributed by atoms with Crippen molar-refractivity contribution in [2.24, 2.45) is 0 Å². The van der Waals surface area contributed by atoms with E-state index in [9.17, 15) is 14.9 Å². The Morgan fingerprint density at radius 2 is 1.93 bits per heavy atom. The molecule has 9 heteroatoms. The van der Waals surface area contributed by atoms with Crippen LogP contribution in [0.1, 0.15) is 16.1 Å². The molecule has 30 heavy (non-hydrogen) atoms. The Kier molecular flexibility index (Phi) is 6.20. The van der Waals surface area contributed by atoms with Crippen LogP contribution in [-0.4, -0.2) is 47.9 Å². The zero-order valence-electron chi connectivity index (χ0n) is 16.5. The van der Waals surface area contributed by atoms with Crippen molar-refractivity contribution >= 4 is 11.6 Å². The van der Waals surface area contributed by atoms with Crippen LogP contribution in [-0.2, 0) is 0 Å². The Labute approximate surface area is 172 Å². The first-order chi connectivity index (χ1) is 14.4. The second-order valence-corrected chi connectivity index (χ2v) is 6.72. The smallest absolute Gasteiger partial charge is 0.280 e. The number of nitrogens with zero attached hydrogens (tertiary/aromatic N) is 4. The molecule has 0 aliphatic heterocycles. The molecule has 0 atom stereocenters. The summed E-state index contributed by atoms with van der Waals surface area (Å²) in [6.07, 6.45) is 0. The predicted molar refractivity (Wildman–Crippen MR) is 110 cm³/mol. The summed E-state index contributed by atoms with van der Waals surface area (Å²) in [6.45, 7) is 0.994. The first-order valence-electron chi connectivity index (χ1n) is 9.08. The van der Waals surface area contributed by atoms with Gasteiger partial charge in [-0.05, 0) is 44.4 Å². The summed E-state index contributed by atoms with van der Waals surface area (Å²) < 4.78 is 5.83. The molecule has 3 aromatic rings. The quantitative estimate of drug-likeness (QED) is 0.473. The van der Waals surface area contributed by atoms with E-state index in [4.69, 9.17) is 9.68 Å². The lowest BCUT2D eigenvalue weighted by Gasteiger charge is -2.09. The second kappa shape index (κ2) is 8.98. The van der Waals surface area contributed by atoms with E-state index in [2.05, 4.69) is 10.3 Å². The number of nitrogens with one attached hydrogen (secondary N) is 1. The summed E-state index contributed by atoms with van der Waals surface area (Å²) in [7, 11) is 3.76. The number of nitro benzene ring substituents is 1. The number of benzene rings is 2. The van der Waals surface area contributed by atoms with Crippen molar-refractivity contribution in [3.05, 3.63) is 69.9 Å². The monoisotopic (exact) mass is 405 g/mol. The van der Waals surface area contributed by atoms with Crippen LogP contribution >= 0.6 is 0 Å². The Bertz CT molecular complexity index is 1110. The van der Waals surface area contributed by atoms with Crippen LogP contribution in [0.2, 0.25) is 0 Å². The van der Waals surface area contributed by atoms with Crippen molar-refractivity contribution in [1.29, 1.82) is 5.26 Å². The van der Waals surface area contributed by atoms with E-state index >= 15 is 0 Å². The maximum Gasteiger partial charge on any atom is 0.280 e. The fraction of sp³-hybridized carbons (Fsp3) is 0.190. The number of carbonyl (C=O) groups excluding carboxylic acids is 1. The minimum Gasteiger partial charge on any atom is -0.435 e. The van der Waals surface area contributed by atoms with Gasteiger partial charge in [0.05, 0.1) is 22.1 Å². The van der Waals surface area contributed by atoms with Gasteiger partial charge in [0.25, 0.3) is 11.6 Å². The number of amides is 1. The average molecular weight is 405 g/mol. The third kappa shape index (κ3) is 4.51. The molecule has 0 radical (unpaired) electrons. The average Bonchev–Trinajstić information content (AvgIpc) is 3.19. The maximum absolute atomic E-state index is 12.8. The first-order valence-corrected chi connectivity index (χ1v) is 9.08. The number of rotatable bonds is 7. The van der Waals surface area contributed by atoms with Crippen LogP contribution in [0.15, 0.2) is 52.9 Å². The molecule has 0 spiro atoms. The number of hydrogen-bond donors (Lipinski definition) is 1. The zero-order chi connectivity index (χ0) is 21.7. The van der Waals surface area contributed by atoms with Gasteiger partial charge < -0.3 is 14.6 Å². The number of para-hydroxylation sites is 1. The number of oxazole rings is 1. The van der Waals surface area contributed by atoms with Crippen molar-refractivity contribution < 1.29 is 14.1 Å². The summed E-state index contributed by atoms with van der Waals surface area (Å²) in [6, 6.07) is 14.5. The minimum atomic E-state index is -0.535. The Balaban J connectivity index is 2.07. The molecule has 9 nitrogen and oxygen atoms in total. The molecule has 0 saturated heterocycles. The largest absolute Gasteiger partial charge is 0.435 e. The van der Waals surface area contributed by atoms with E-state index in [1.54, 1.807) is 30.3 Å². The van der Waals surface area contributed by atoms with Gasteiger partial charge in [0.2, 0.25) is 5.89 Å². The number of nitro groups is 1. The molecule has 0 bridgehead atoms. The van der Waals surface area contributed by atoms with E-state index in [1.165, 1.54) is 18.2 Å². The molecule has 0 aliphatic carbocycles. The predicted octanol–water partition coefficient (Wildman–Crippen LogP) is 3.08. The molecule has 0 saturated carbocycles. The third-order valence-corrected chi connectivity index (χ3v) is 4.29. The van der Waals surface area contributed by atoms with Gasteiger partial charge in [-0.3, -0.25) is 14.9 Å². The highest BCUT2D eigenvalue weighted by atomic mass is 16.6. The standard InChI is InChI=1S/C21H19N5O4/c1-25(2)12-11-23-20(27)18-19(16-5-3-4-6-17(16)26(28)29)30-21(24-18)15-9-7-14(13-22)8-10-15/h3-10H,11-12H2,1-2H3,(H,23,27). The van der Waals surface area contributed by atoms with Gasteiger partial charge >= 0.3 is 0 Å². The fourth-order valence-electron chi connectivity index (χ4n) is 2.77. The van der Waals surface area contributed by atoms with Gasteiger partial charge in [0.1, 0.15) is 0 Å². The van der Waals surface area contributed by atoms with Crippen LogP contribution in [0.3, 0.4) is 0 Å². The lowest BCUT2D eigenvalue weighted by molar-refractivity contribution is -0.384. The van der Waals surface area contributed by atoms with Crippen molar-refractivity contribution in [1.82, 2.24) is 15.2 Å². The molecule has 1 N–H and O–H groups in total. The summed E-state index contributed by atoms with van der Waals surface area (Å²) in [5.74, 6) is -0.344. The molecule has 152 valence electrons. The number of aromatic nitrogens is 1. The number of nitriles is 1. The first kappa shape index (κ1) is 20.7. The molecule has 3 rings (SSSR count). The molecule has 1 amide bonds. The molecule has 0 unspecified atom stereocenters. The molecular weight excluding hydrogens is 386 g/mol. The van der Waals surface area contributed by atoms with Crippen LogP contribution in [0.5, 0.6) is 0 Å². The number of likely N-dealkylation sites (N-methyl/N-ethyl adjacent to an activating group) is 1. The van der Waals surface area contributed by atoms with Crippen molar-refractivity contribution in [2.75, 3.05) is 27.2 Å². The van der Waals surface area contributed by atoms with Crippen LogP contribution < -0.4 is 5.32 Å². The molecule has 2 aromatic carbocycles. The zero-order valence-corrected chi connectivity index (χ0v) is 16.5. The van der Waals surface area contributed by atoms with Crippen molar-refractivity contribution in [3.8, 4) is 28.8 Å². The Morgan fingerprint density at radius 3 is 2.57 bits per heavy atom. The lowest BCUT2D eigenvalue weighted by atomic mass is 10.1. The van der Waals surface area contributed by atoms with E-state index < -0.39 is 10.8 Å². The van der Waals surface area contributed by atoms with E-state index in [0.717, 1.165) is 0 Å². The van der Waals surface area contributed by atoms with Gasteiger partial charge in [-0.25, -0.2) is 4.98 Å². The Morgan fingerprint density at radius 1 is 1.23 bits per heavy atom. The second-order valence-electron chi connectivity index (χ2n) is 6.72. The summed E-state index contributed by atoms with van der Waals surface area (Å²) in [4.78, 5) is 29.9. The molecular formula is C21H19N5O4.